The second-order valence-corrected chi connectivity index (χ2v) is 4.88. The molecule has 1 aliphatic rings. The summed E-state index contributed by atoms with van der Waals surface area (Å²) >= 11 is 0. The molecule has 2 rings (SSSR count). The lowest BCUT2D eigenvalue weighted by Gasteiger charge is -2.30. The second-order valence-electron chi connectivity index (χ2n) is 4.88. The molecule has 1 aromatic rings. The summed E-state index contributed by atoms with van der Waals surface area (Å²) in [6.45, 7) is 2.53. The number of aliphatic hydroxyl groups is 1. The van der Waals surface area contributed by atoms with Crippen LogP contribution in [-0.2, 0) is 0 Å². The minimum absolute atomic E-state index is 0.148. The summed E-state index contributed by atoms with van der Waals surface area (Å²) in [5.41, 5.74) is -0.575. The van der Waals surface area contributed by atoms with Crippen molar-refractivity contribution in [2.75, 3.05) is 6.61 Å². The van der Waals surface area contributed by atoms with Gasteiger partial charge in [-0.15, -0.1) is 0 Å². The number of hydrogen-bond donors (Lipinski definition) is 1. The fourth-order valence-electron chi connectivity index (χ4n) is 2.50. The number of ketones is 1. The molecular weight excluding hydrogens is 228 g/mol. The third kappa shape index (κ3) is 2.72. The summed E-state index contributed by atoms with van der Waals surface area (Å²) in [4.78, 5) is 12.3. The van der Waals surface area contributed by atoms with Gasteiger partial charge in [-0.25, -0.2) is 0 Å². The van der Waals surface area contributed by atoms with Crippen LogP contribution in [-0.4, -0.2) is 23.1 Å². The van der Waals surface area contributed by atoms with Gasteiger partial charge in [-0.05, 0) is 44.0 Å². The molecule has 0 heterocycles. The fraction of sp³-hybridized carbons (Fsp3) is 0.533. The molecule has 0 bridgehead atoms. The molecule has 1 aromatic carbocycles. The van der Waals surface area contributed by atoms with Crippen LogP contribution >= 0.6 is 0 Å². The van der Waals surface area contributed by atoms with Gasteiger partial charge in [-0.1, -0.05) is 19.3 Å². The fourth-order valence-corrected chi connectivity index (χ4v) is 2.50. The van der Waals surface area contributed by atoms with Gasteiger partial charge in [0.05, 0.1) is 6.61 Å². The second kappa shape index (κ2) is 5.53. The van der Waals surface area contributed by atoms with Crippen LogP contribution in [0.1, 0.15) is 49.4 Å². The van der Waals surface area contributed by atoms with Gasteiger partial charge in [0.15, 0.2) is 5.78 Å². The first kappa shape index (κ1) is 13.1. The van der Waals surface area contributed by atoms with E-state index in [0.717, 1.165) is 25.0 Å². The maximum atomic E-state index is 12.3. The number of carbonyl (C=O) groups is 1. The van der Waals surface area contributed by atoms with E-state index < -0.39 is 5.60 Å². The number of hydrogen-bond acceptors (Lipinski definition) is 3. The summed E-state index contributed by atoms with van der Waals surface area (Å²) in [6, 6.07) is 7.03. The molecule has 0 spiro atoms. The van der Waals surface area contributed by atoms with E-state index in [1.165, 1.54) is 0 Å². The smallest absolute Gasteiger partial charge is 0.194 e. The molecule has 1 aliphatic carbocycles. The van der Waals surface area contributed by atoms with Gasteiger partial charge in [0.2, 0.25) is 0 Å². The highest BCUT2D eigenvalue weighted by Gasteiger charge is 2.37. The van der Waals surface area contributed by atoms with E-state index in [-0.39, 0.29) is 5.78 Å². The Balaban J connectivity index is 2.12. The SMILES string of the molecule is CCOc1ccc(C(=O)C2(O)CCCCC2)cc1. The van der Waals surface area contributed by atoms with Crippen LogP contribution < -0.4 is 4.74 Å². The van der Waals surface area contributed by atoms with Crippen molar-refractivity contribution in [3.63, 3.8) is 0 Å². The van der Waals surface area contributed by atoms with Gasteiger partial charge < -0.3 is 9.84 Å². The Morgan fingerprint density at radius 2 is 1.83 bits per heavy atom. The van der Waals surface area contributed by atoms with Gasteiger partial charge in [-0.3, -0.25) is 4.79 Å². The van der Waals surface area contributed by atoms with Crippen molar-refractivity contribution in [2.24, 2.45) is 0 Å². The van der Waals surface area contributed by atoms with Gasteiger partial charge in [0.25, 0.3) is 0 Å². The van der Waals surface area contributed by atoms with Gasteiger partial charge in [0.1, 0.15) is 11.4 Å². The minimum Gasteiger partial charge on any atom is -0.494 e. The average molecular weight is 248 g/mol. The zero-order chi connectivity index (χ0) is 13.0. The number of carbonyl (C=O) groups excluding carboxylic acids is 1. The molecule has 0 radical (unpaired) electrons. The zero-order valence-corrected chi connectivity index (χ0v) is 10.8. The van der Waals surface area contributed by atoms with Crippen molar-refractivity contribution in [3.8, 4) is 5.75 Å². The number of ether oxygens (including phenoxy) is 1. The van der Waals surface area contributed by atoms with Crippen LogP contribution in [0.15, 0.2) is 24.3 Å². The molecular formula is C15H20O3. The average Bonchev–Trinajstić information content (AvgIpc) is 2.40. The number of Topliss-reactive ketones (excluding diaryl/α,β-unsaturated/α-hetero) is 1. The normalized spacial score (nSPS) is 18.3. The first-order valence-electron chi connectivity index (χ1n) is 6.66. The Morgan fingerprint density at radius 3 is 2.39 bits per heavy atom. The molecule has 0 unspecified atom stereocenters. The van der Waals surface area contributed by atoms with E-state index in [1.807, 2.05) is 6.92 Å². The van der Waals surface area contributed by atoms with E-state index in [0.29, 0.717) is 25.0 Å². The predicted octanol–water partition coefficient (Wildman–Crippen LogP) is 2.96. The monoisotopic (exact) mass is 248 g/mol. The lowest BCUT2D eigenvalue weighted by atomic mass is 9.79. The third-order valence-corrected chi connectivity index (χ3v) is 3.53. The molecule has 0 aromatic heterocycles. The van der Waals surface area contributed by atoms with Crippen molar-refractivity contribution in [2.45, 2.75) is 44.6 Å². The molecule has 0 atom stereocenters. The van der Waals surface area contributed by atoms with E-state index in [4.69, 9.17) is 4.74 Å². The van der Waals surface area contributed by atoms with Crippen LogP contribution in [0, 0.1) is 0 Å². The Labute approximate surface area is 108 Å². The molecule has 1 fully saturated rings. The molecule has 0 aliphatic heterocycles. The highest BCUT2D eigenvalue weighted by molar-refractivity contribution is 6.02. The van der Waals surface area contributed by atoms with Crippen LogP contribution in [0.25, 0.3) is 0 Å². The van der Waals surface area contributed by atoms with Crippen LogP contribution in [0.3, 0.4) is 0 Å². The summed E-state index contributed by atoms with van der Waals surface area (Å²) in [6.07, 6.45) is 4.13. The Bertz CT molecular complexity index is 402. The highest BCUT2D eigenvalue weighted by atomic mass is 16.5. The van der Waals surface area contributed by atoms with E-state index in [1.54, 1.807) is 24.3 Å². The first-order valence-corrected chi connectivity index (χ1v) is 6.66. The summed E-state index contributed by atoms with van der Waals surface area (Å²) in [5, 5.41) is 10.4. The van der Waals surface area contributed by atoms with Gasteiger partial charge >= 0.3 is 0 Å². The van der Waals surface area contributed by atoms with Crippen molar-refractivity contribution in [3.05, 3.63) is 29.8 Å². The molecule has 1 saturated carbocycles. The Hall–Kier alpha value is -1.35. The minimum atomic E-state index is -1.15. The Kier molecular flexibility index (Phi) is 4.02. The van der Waals surface area contributed by atoms with Gasteiger partial charge in [-0.2, -0.15) is 0 Å². The highest BCUT2D eigenvalue weighted by Crippen LogP contribution is 2.31. The Morgan fingerprint density at radius 1 is 1.22 bits per heavy atom. The first-order chi connectivity index (χ1) is 8.65. The van der Waals surface area contributed by atoms with Crippen molar-refractivity contribution < 1.29 is 14.6 Å². The number of benzene rings is 1. The van der Waals surface area contributed by atoms with Crippen LogP contribution in [0.2, 0.25) is 0 Å². The molecule has 0 saturated heterocycles. The maximum Gasteiger partial charge on any atom is 0.194 e. The topological polar surface area (TPSA) is 46.5 Å². The molecule has 0 amide bonds. The summed E-state index contributed by atoms with van der Waals surface area (Å²) < 4.78 is 5.34. The van der Waals surface area contributed by atoms with Crippen molar-refractivity contribution >= 4 is 5.78 Å². The molecule has 3 nitrogen and oxygen atoms in total. The summed E-state index contributed by atoms with van der Waals surface area (Å²) in [7, 11) is 0. The lowest BCUT2D eigenvalue weighted by molar-refractivity contribution is 0.0116. The molecule has 3 heteroatoms. The maximum absolute atomic E-state index is 12.3. The van der Waals surface area contributed by atoms with E-state index >= 15 is 0 Å². The third-order valence-electron chi connectivity index (χ3n) is 3.53. The molecule has 18 heavy (non-hydrogen) atoms. The van der Waals surface area contributed by atoms with E-state index in [9.17, 15) is 9.90 Å². The molecule has 1 N–H and O–H groups in total. The van der Waals surface area contributed by atoms with Crippen molar-refractivity contribution in [1.29, 1.82) is 0 Å². The largest absolute Gasteiger partial charge is 0.494 e. The van der Waals surface area contributed by atoms with Gasteiger partial charge in [0, 0.05) is 5.56 Å². The standard InChI is InChI=1S/C15H20O3/c1-2-18-13-8-6-12(7-9-13)14(16)15(17)10-4-3-5-11-15/h6-9,17H,2-5,10-11H2,1H3. The molecule has 98 valence electrons. The number of rotatable bonds is 4. The van der Waals surface area contributed by atoms with Crippen LogP contribution in [0.5, 0.6) is 5.75 Å². The summed E-state index contributed by atoms with van der Waals surface area (Å²) in [5.74, 6) is 0.606. The van der Waals surface area contributed by atoms with Crippen LogP contribution in [0.4, 0.5) is 0 Å². The lowest BCUT2D eigenvalue weighted by Crippen LogP contribution is -2.40. The van der Waals surface area contributed by atoms with Crippen molar-refractivity contribution in [1.82, 2.24) is 0 Å². The quantitative estimate of drug-likeness (QED) is 0.833. The predicted molar refractivity (Wildman–Crippen MR) is 70.0 cm³/mol. The zero-order valence-electron chi connectivity index (χ0n) is 10.8. The van der Waals surface area contributed by atoms with E-state index in [2.05, 4.69) is 0 Å².